The number of amides is 1. The number of ether oxygens (including phenoxy) is 1. The first-order valence-corrected chi connectivity index (χ1v) is 9.60. The largest absolute Gasteiger partial charge is 0.411 e. The van der Waals surface area contributed by atoms with Crippen molar-refractivity contribution in [3.63, 3.8) is 0 Å². The first kappa shape index (κ1) is 24.3. The number of benzene rings is 1. The number of hydroxylamine groups is 1. The van der Waals surface area contributed by atoms with Crippen LogP contribution < -0.4 is 5.48 Å². The molecule has 1 unspecified atom stereocenters. The first-order chi connectivity index (χ1) is 15.6. The molecule has 1 amide bonds. The van der Waals surface area contributed by atoms with Crippen LogP contribution in [-0.4, -0.2) is 52.4 Å². The molecule has 1 aromatic heterocycles. The van der Waals surface area contributed by atoms with E-state index in [-0.39, 0.29) is 23.8 Å². The van der Waals surface area contributed by atoms with Gasteiger partial charge in [-0.15, -0.1) is 0 Å². The van der Waals surface area contributed by atoms with Crippen LogP contribution in [-0.2, 0) is 4.74 Å². The number of nitrogens with zero attached hydrogens (tertiary/aromatic N) is 2. The van der Waals surface area contributed by atoms with Crippen LogP contribution in [0.25, 0.3) is 17.3 Å². The number of carbonyl (C=O) groups excluding carboxylic acids is 1. The second-order valence-electron chi connectivity index (χ2n) is 6.41. The summed E-state index contributed by atoms with van der Waals surface area (Å²) in [6.45, 7) is 1.69. The Bertz CT molecular complexity index is 1110. The Balaban J connectivity index is 2.35. The maximum absolute atomic E-state index is 12.1. The van der Waals surface area contributed by atoms with E-state index in [1.165, 1.54) is 13.2 Å². The van der Waals surface area contributed by atoms with Gasteiger partial charge < -0.3 is 15.1 Å². The summed E-state index contributed by atoms with van der Waals surface area (Å²) in [7, 11) is 1.51. The van der Waals surface area contributed by atoms with Gasteiger partial charge in [0.1, 0.15) is 0 Å². The standard InChI is InChI=1S/C24H23N3O5/c1-3-7-22-21(15-25-30)20(24(29)27-31)14-23(26-22)18-12-10-17(11-13-18)8-5-4-6-9-19(16-28)32-2/h3,7,10-15,19,28,30-31H,9,16H2,1-2H3,(H,27,29)/b7-3-,25-15+. The number of allylic oxidation sites excluding steroid dienone is 1. The van der Waals surface area contributed by atoms with E-state index in [1.54, 1.807) is 48.8 Å². The number of nitrogens with one attached hydrogen (secondary N) is 1. The molecule has 0 radical (unpaired) electrons. The summed E-state index contributed by atoms with van der Waals surface area (Å²) in [5.74, 6) is 10.5. The zero-order chi connectivity index (χ0) is 23.3. The lowest BCUT2D eigenvalue weighted by Crippen LogP contribution is -2.21. The third-order valence-electron chi connectivity index (χ3n) is 4.35. The molecule has 0 fully saturated rings. The minimum atomic E-state index is -0.757. The zero-order valence-corrected chi connectivity index (χ0v) is 17.7. The van der Waals surface area contributed by atoms with Crippen molar-refractivity contribution in [2.75, 3.05) is 13.7 Å². The maximum atomic E-state index is 12.1. The summed E-state index contributed by atoms with van der Waals surface area (Å²) in [6, 6.07) is 8.68. The number of aromatic nitrogens is 1. The molecule has 0 bridgehead atoms. The molecule has 164 valence electrons. The van der Waals surface area contributed by atoms with E-state index in [0.717, 1.165) is 17.3 Å². The monoisotopic (exact) mass is 433 g/mol. The number of methoxy groups -OCH3 is 1. The molecule has 8 nitrogen and oxygen atoms in total. The van der Waals surface area contributed by atoms with E-state index in [0.29, 0.717) is 17.8 Å². The van der Waals surface area contributed by atoms with Gasteiger partial charge in [-0.2, -0.15) is 0 Å². The number of hydrogen-bond donors (Lipinski definition) is 4. The third kappa shape index (κ3) is 6.53. The van der Waals surface area contributed by atoms with E-state index >= 15 is 0 Å². The van der Waals surface area contributed by atoms with Gasteiger partial charge in [-0.25, -0.2) is 10.5 Å². The number of oxime groups is 1. The van der Waals surface area contributed by atoms with Crippen LogP contribution in [0.5, 0.6) is 0 Å². The Morgan fingerprint density at radius 1 is 1.31 bits per heavy atom. The van der Waals surface area contributed by atoms with Crippen molar-refractivity contribution in [3.8, 4) is 34.9 Å². The van der Waals surface area contributed by atoms with E-state index in [4.69, 9.17) is 20.3 Å². The summed E-state index contributed by atoms with van der Waals surface area (Å²) in [5.41, 5.74) is 4.30. The highest BCUT2D eigenvalue weighted by Crippen LogP contribution is 2.23. The normalized spacial score (nSPS) is 11.5. The van der Waals surface area contributed by atoms with Crippen LogP contribution in [0.1, 0.15) is 40.5 Å². The fraction of sp³-hybridized carbons (Fsp3) is 0.208. The summed E-state index contributed by atoms with van der Waals surface area (Å²) in [4.78, 5) is 16.7. The highest BCUT2D eigenvalue weighted by Gasteiger charge is 2.16. The lowest BCUT2D eigenvalue weighted by molar-refractivity contribution is 0.0528. The molecule has 0 aliphatic heterocycles. The van der Waals surface area contributed by atoms with Gasteiger partial charge in [0.25, 0.3) is 5.91 Å². The van der Waals surface area contributed by atoms with E-state index < -0.39 is 5.91 Å². The molecular weight excluding hydrogens is 410 g/mol. The molecule has 4 N–H and O–H groups in total. The molecule has 1 aromatic carbocycles. The molecule has 8 heteroatoms. The van der Waals surface area contributed by atoms with Crippen LogP contribution >= 0.6 is 0 Å². The highest BCUT2D eigenvalue weighted by molar-refractivity contribution is 6.04. The number of carbonyl (C=O) groups is 1. The van der Waals surface area contributed by atoms with Gasteiger partial charge >= 0.3 is 0 Å². The molecule has 32 heavy (non-hydrogen) atoms. The predicted molar refractivity (Wildman–Crippen MR) is 120 cm³/mol. The van der Waals surface area contributed by atoms with Crippen LogP contribution in [0, 0.1) is 23.7 Å². The average molecular weight is 433 g/mol. The molecule has 0 saturated heterocycles. The van der Waals surface area contributed by atoms with Gasteiger partial charge in [-0.05, 0) is 43.0 Å². The number of hydrogen-bond acceptors (Lipinski definition) is 7. The second kappa shape index (κ2) is 12.7. The maximum Gasteiger partial charge on any atom is 0.275 e. The van der Waals surface area contributed by atoms with Crippen molar-refractivity contribution in [2.45, 2.75) is 19.4 Å². The van der Waals surface area contributed by atoms with Crippen molar-refractivity contribution in [1.29, 1.82) is 0 Å². The van der Waals surface area contributed by atoms with Crippen LogP contribution in [0.4, 0.5) is 0 Å². The molecule has 0 aliphatic carbocycles. The zero-order valence-electron chi connectivity index (χ0n) is 17.7. The number of aliphatic hydroxyl groups is 1. The highest BCUT2D eigenvalue weighted by atomic mass is 16.5. The average Bonchev–Trinajstić information content (AvgIpc) is 2.82. The smallest absolute Gasteiger partial charge is 0.275 e. The summed E-state index contributed by atoms with van der Waals surface area (Å²) >= 11 is 0. The molecule has 2 rings (SSSR count). The molecule has 1 atom stereocenters. The number of aliphatic hydroxyl groups excluding tert-OH is 1. The molecule has 0 saturated carbocycles. The quantitative estimate of drug-likeness (QED) is 0.175. The Morgan fingerprint density at radius 3 is 2.66 bits per heavy atom. The molecular formula is C24H23N3O5. The van der Waals surface area contributed by atoms with Crippen molar-refractivity contribution in [3.05, 3.63) is 58.8 Å². The SMILES string of the molecule is C/C=C\c1nc(-c2ccc(C#CC#CCC(CO)OC)cc2)cc(C(=O)NO)c1/C=N/O. The van der Waals surface area contributed by atoms with Crippen molar-refractivity contribution in [2.24, 2.45) is 5.16 Å². The molecule has 1 heterocycles. The molecule has 0 spiro atoms. The van der Waals surface area contributed by atoms with Gasteiger partial charge in [0.15, 0.2) is 0 Å². The first-order valence-electron chi connectivity index (χ1n) is 9.60. The minimum absolute atomic E-state index is 0.0970. The van der Waals surface area contributed by atoms with Crippen LogP contribution in [0.2, 0.25) is 0 Å². The minimum Gasteiger partial charge on any atom is -0.411 e. The lowest BCUT2D eigenvalue weighted by Gasteiger charge is -2.11. The fourth-order valence-corrected chi connectivity index (χ4v) is 2.71. The topological polar surface area (TPSA) is 124 Å². The second-order valence-corrected chi connectivity index (χ2v) is 6.41. The summed E-state index contributed by atoms with van der Waals surface area (Å²) in [6.07, 6.45) is 4.55. The lowest BCUT2D eigenvalue weighted by atomic mass is 10.0. The van der Waals surface area contributed by atoms with Gasteiger partial charge in [0.2, 0.25) is 0 Å². The van der Waals surface area contributed by atoms with Gasteiger partial charge in [-0.3, -0.25) is 10.0 Å². The Morgan fingerprint density at radius 2 is 2.06 bits per heavy atom. The Labute approximate surface area is 186 Å². The molecule has 0 aliphatic rings. The number of rotatable bonds is 7. The van der Waals surface area contributed by atoms with E-state index in [9.17, 15) is 4.79 Å². The summed E-state index contributed by atoms with van der Waals surface area (Å²) in [5, 5.41) is 30.1. The number of pyridine rings is 1. The van der Waals surface area contributed by atoms with E-state index in [1.807, 2.05) is 0 Å². The van der Waals surface area contributed by atoms with Gasteiger partial charge in [0.05, 0.1) is 35.9 Å². The van der Waals surface area contributed by atoms with E-state index in [2.05, 4.69) is 33.8 Å². The van der Waals surface area contributed by atoms with Crippen LogP contribution in [0.3, 0.4) is 0 Å². The van der Waals surface area contributed by atoms with Crippen molar-refractivity contribution >= 4 is 18.2 Å². The van der Waals surface area contributed by atoms with Gasteiger partial charge in [0, 0.05) is 30.2 Å². The Kier molecular flexibility index (Phi) is 9.64. The van der Waals surface area contributed by atoms with Crippen molar-refractivity contribution < 1.29 is 25.1 Å². The third-order valence-corrected chi connectivity index (χ3v) is 4.35. The predicted octanol–water partition coefficient (Wildman–Crippen LogP) is 2.46. The van der Waals surface area contributed by atoms with Crippen LogP contribution in [0.15, 0.2) is 41.6 Å². The fourth-order valence-electron chi connectivity index (χ4n) is 2.71. The Hall–Kier alpha value is -3.95. The van der Waals surface area contributed by atoms with Gasteiger partial charge in [-0.1, -0.05) is 35.2 Å². The summed E-state index contributed by atoms with van der Waals surface area (Å²) < 4.78 is 5.03. The molecule has 2 aromatic rings. The van der Waals surface area contributed by atoms with Crippen molar-refractivity contribution in [1.82, 2.24) is 10.5 Å².